The van der Waals surface area contributed by atoms with Crippen molar-refractivity contribution in [1.29, 1.82) is 0 Å². The van der Waals surface area contributed by atoms with E-state index in [1.807, 2.05) is 0 Å². The lowest BCUT2D eigenvalue weighted by Crippen LogP contribution is -2.34. The first-order chi connectivity index (χ1) is 16.3. The second kappa shape index (κ2) is 10.0. The van der Waals surface area contributed by atoms with Crippen molar-refractivity contribution in [1.82, 2.24) is 39.3 Å². The van der Waals surface area contributed by atoms with Crippen molar-refractivity contribution in [3.05, 3.63) is 42.2 Å². The van der Waals surface area contributed by atoms with Gasteiger partial charge < -0.3 is 4.90 Å². The summed E-state index contributed by atoms with van der Waals surface area (Å²) in [6.07, 6.45) is 0.576. The summed E-state index contributed by atoms with van der Waals surface area (Å²) in [5.41, 5.74) is 0. The van der Waals surface area contributed by atoms with Crippen LogP contribution >= 0.6 is 0 Å². The lowest BCUT2D eigenvalue weighted by molar-refractivity contribution is 0.120. The van der Waals surface area contributed by atoms with Crippen LogP contribution < -0.4 is 4.90 Å². The number of alkyl halides is 2. The Balaban J connectivity index is 1.40. The van der Waals surface area contributed by atoms with Crippen LogP contribution in [-0.2, 0) is 29.7 Å². The van der Waals surface area contributed by atoms with E-state index in [-0.39, 0.29) is 24.0 Å². The first kappa shape index (κ1) is 24.1. The molecule has 0 radical (unpaired) electrons. The number of sulfonamides is 1. The van der Waals surface area contributed by atoms with Crippen LogP contribution in [0.2, 0.25) is 0 Å². The van der Waals surface area contributed by atoms with Gasteiger partial charge in [0.2, 0.25) is 16.0 Å². The quantitative estimate of drug-likeness (QED) is 0.369. The number of rotatable bonds is 12. The van der Waals surface area contributed by atoms with E-state index in [1.54, 1.807) is 11.9 Å². The minimum atomic E-state index is -3.83. The molecule has 1 aliphatic rings. The molecule has 2 aromatic heterocycles. The van der Waals surface area contributed by atoms with Gasteiger partial charge in [-0.1, -0.05) is 11.2 Å². The molecule has 1 aromatic carbocycles. The van der Waals surface area contributed by atoms with Gasteiger partial charge in [0.1, 0.15) is 24.5 Å². The van der Waals surface area contributed by atoms with Crippen molar-refractivity contribution in [2.24, 2.45) is 0 Å². The summed E-state index contributed by atoms with van der Waals surface area (Å²) in [4.78, 5) is 5.59. The number of nitrogens with zero attached hydrogens (tertiary/aromatic N) is 9. The molecule has 4 rings (SSSR count). The monoisotopic (exact) mass is 499 g/mol. The van der Waals surface area contributed by atoms with Crippen molar-refractivity contribution in [2.45, 2.75) is 56.3 Å². The molecule has 0 unspecified atom stereocenters. The first-order valence-electron chi connectivity index (χ1n) is 10.6. The Labute approximate surface area is 194 Å². The average molecular weight is 500 g/mol. The fraction of sp³-hybridized carbons (Fsp3) is 0.526. The van der Waals surface area contributed by atoms with Crippen LogP contribution in [0.1, 0.15) is 25.1 Å². The van der Waals surface area contributed by atoms with E-state index in [9.17, 15) is 21.6 Å². The molecule has 34 heavy (non-hydrogen) atoms. The average Bonchev–Trinajstić information content (AvgIpc) is 3.35. The molecule has 1 fully saturated rings. The topological polar surface area (TPSA) is 115 Å². The van der Waals surface area contributed by atoms with Gasteiger partial charge in [-0.25, -0.2) is 35.9 Å². The summed E-state index contributed by atoms with van der Waals surface area (Å²) in [7, 11) is -2.15. The highest BCUT2D eigenvalue weighted by Crippen LogP contribution is 2.32. The Bertz CT molecular complexity index is 1210. The Morgan fingerprint density at radius 2 is 2.03 bits per heavy atom. The van der Waals surface area contributed by atoms with E-state index in [1.165, 1.54) is 33.5 Å². The number of aryl methyl sites for hydroxylation is 1. The van der Waals surface area contributed by atoms with Gasteiger partial charge in [-0.2, -0.15) is 9.40 Å². The summed E-state index contributed by atoms with van der Waals surface area (Å²) < 4.78 is 69.2. The number of hydrogen-bond donors (Lipinski definition) is 0. The van der Waals surface area contributed by atoms with Crippen molar-refractivity contribution in [3.8, 4) is 0 Å². The van der Waals surface area contributed by atoms with E-state index in [0.717, 1.165) is 23.6 Å². The molecule has 2 heterocycles. The van der Waals surface area contributed by atoms with Crippen molar-refractivity contribution >= 4 is 16.0 Å². The van der Waals surface area contributed by atoms with E-state index >= 15 is 0 Å². The highest BCUT2D eigenvalue weighted by molar-refractivity contribution is 7.89. The predicted octanol–water partition coefficient (Wildman–Crippen LogP) is 1.55. The Kier molecular flexibility index (Phi) is 7.11. The fourth-order valence-electron chi connectivity index (χ4n) is 3.60. The number of aromatic nitrogens is 7. The fourth-order valence-corrected chi connectivity index (χ4v) is 5.35. The molecule has 0 atom stereocenters. The third kappa shape index (κ3) is 5.52. The minimum Gasteiger partial charge on any atom is -0.335 e. The van der Waals surface area contributed by atoms with Gasteiger partial charge in [0.15, 0.2) is 0 Å². The van der Waals surface area contributed by atoms with E-state index in [0.29, 0.717) is 24.7 Å². The number of anilines is 1. The van der Waals surface area contributed by atoms with Gasteiger partial charge in [0.25, 0.3) is 6.43 Å². The summed E-state index contributed by atoms with van der Waals surface area (Å²) in [6.45, 7) is 0.119. The minimum absolute atomic E-state index is 0.0739. The zero-order valence-corrected chi connectivity index (χ0v) is 19.2. The van der Waals surface area contributed by atoms with Crippen LogP contribution in [0.25, 0.3) is 0 Å². The number of halogens is 3. The van der Waals surface area contributed by atoms with Gasteiger partial charge in [-0.05, 0) is 47.9 Å². The smallest absolute Gasteiger partial charge is 0.257 e. The van der Waals surface area contributed by atoms with Crippen LogP contribution in [-0.4, -0.2) is 73.8 Å². The maximum atomic E-state index is 13.6. The van der Waals surface area contributed by atoms with Gasteiger partial charge >= 0.3 is 0 Å². The van der Waals surface area contributed by atoms with Crippen molar-refractivity contribution < 1.29 is 21.6 Å². The van der Waals surface area contributed by atoms with Gasteiger partial charge in [0, 0.05) is 26.2 Å². The van der Waals surface area contributed by atoms with Crippen molar-refractivity contribution in [3.63, 3.8) is 0 Å². The van der Waals surface area contributed by atoms with Crippen LogP contribution in [0.15, 0.2) is 35.5 Å². The second-order valence-corrected chi connectivity index (χ2v) is 9.86. The van der Waals surface area contributed by atoms with Crippen LogP contribution in [0, 0.1) is 5.82 Å². The third-order valence-corrected chi connectivity index (χ3v) is 7.29. The Morgan fingerprint density at radius 1 is 1.24 bits per heavy atom. The van der Waals surface area contributed by atoms with E-state index in [2.05, 4.69) is 25.6 Å². The Morgan fingerprint density at radius 3 is 2.74 bits per heavy atom. The molecule has 184 valence electrons. The van der Waals surface area contributed by atoms with Gasteiger partial charge in [-0.15, -0.1) is 0 Å². The molecule has 0 saturated heterocycles. The van der Waals surface area contributed by atoms with Crippen LogP contribution in [0.4, 0.5) is 19.1 Å². The maximum absolute atomic E-state index is 13.6. The molecule has 0 spiro atoms. The molecule has 1 saturated carbocycles. The lowest BCUT2D eigenvalue weighted by atomic mass is 10.4. The zero-order valence-electron chi connectivity index (χ0n) is 18.4. The molecule has 0 N–H and O–H groups in total. The SMILES string of the molecule is CN(Cc1ncnn1CC(F)F)c1nnnn1CCCN(C1CC1)S(=O)(=O)c1cccc(F)c1. The maximum Gasteiger partial charge on any atom is 0.257 e. The highest BCUT2D eigenvalue weighted by Gasteiger charge is 2.37. The number of hydrogen-bond acceptors (Lipinski definition) is 8. The number of benzene rings is 1. The van der Waals surface area contributed by atoms with Gasteiger partial charge in [0.05, 0.1) is 11.4 Å². The molecular formula is C19H24F3N9O2S. The van der Waals surface area contributed by atoms with Crippen LogP contribution in [0.5, 0.6) is 0 Å². The van der Waals surface area contributed by atoms with E-state index < -0.39 is 28.8 Å². The first-order valence-corrected chi connectivity index (χ1v) is 12.1. The second-order valence-electron chi connectivity index (χ2n) is 7.97. The van der Waals surface area contributed by atoms with Gasteiger partial charge in [-0.3, -0.25) is 0 Å². The Hall–Kier alpha value is -3.07. The molecule has 15 heteroatoms. The van der Waals surface area contributed by atoms with Crippen LogP contribution in [0.3, 0.4) is 0 Å². The molecule has 0 bridgehead atoms. The normalized spacial score (nSPS) is 14.3. The highest BCUT2D eigenvalue weighted by atomic mass is 32.2. The molecule has 11 nitrogen and oxygen atoms in total. The molecule has 1 aliphatic carbocycles. The lowest BCUT2D eigenvalue weighted by Gasteiger charge is -2.22. The molecule has 0 amide bonds. The number of tetrazole rings is 1. The largest absolute Gasteiger partial charge is 0.335 e. The summed E-state index contributed by atoms with van der Waals surface area (Å²) in [5.74, 6) is 0.0959. The molecule has 3 aromatic rings. The molecular weight excluding hydrogens is 475 g/mol. The molecule has 0 aliphatic heterocycles. The van der Waals surface area contributed by atoms with E-state index in [4.69, 9.17) is 0 Å². The predicted molar refractivity (Wildman–Crippen MR) is 114 cm³/mol. The van der Waals surface area contributed by atoms with Crippen molar-refractivity contribution in [2.75, 3.05) is 18.5 Å². The summed E-state index contributed by atoms with van der Waals surface area (Å²) in [6, 6.07) is 4.87. The summed E-state index contributed by atoms with van der Waals surface area (Å²) >= 11 is 0. The summed E-state index contributed by atoms with van der Waals surface area (Å²) in [5, 5.41) is 15.4. The zero-order chi connectivity index (χ0) is 24.3. The third-order valence-electron chi connectivity index (χ3n) is 5.34. The standard InChI is InChI=1S/C19H24F3N9O2S/c1-28(12-18-23-13-24-30(18)11-17(21)22)19-25-26-27-29(19)8-3-9-31(15-6-7-15)34(32,33)16-5-2-4-14(20)10-16/h2,4-5,10,13,15,17H,3,6-9,11-12H2,1H3.